The summed E-state index contributed by atoms with van der Waals surface area (Å²) < 4.78 is 10.6. The number of nitrogens with zero attached hydrogens (tertiary/aromatic N) is 3. The van der Waals surface area contributed by atoms with Crippen molar-refractivity contribution in [3.8, 4) is 11.5 Å². The molecule has 19 heavy (non-hydrogen) atoms. The van der Waals surface area contributed by atoms with E-state index in [1.165, 1.54) is 30.6 Å². The zero-order chi connectivity index (χ0) is 12.9. The van der Waals surface area contributed by atoms with Crippen LogP contribution in [0, 0.1) is 5.92 Å². The minimum atomic E-state index is 0.599. The third-order valence-corrected chi connectivity index (χ3v) is 4.06. The van der Waals surface area contributed by atoms with Crippen LogP contribution in [-0.4, -0.2) is 28.3 Å². The van der Waals surface area contributed by atoms with E-state index in [1.54, 1.807) is 5.51 Å². The molecule has 1 aliphatic heterocycles. The summed E-state index contributed by atoms with van der Waals surface area (Å²) in [6.07, 6.45) is 5.55. The lowest BCUT2D eigenvalue weighted by molar-refractivity contribution is 0.0632. The van der Waals surface area contributed by atoms with E-state index in [9.17, 15) is 0 Å². The van der Waals surface area contributed by atoms with Crippen molar-refractivity contribution in [1.82, 2.24) is 15.1 Å². The predicted octanol–water partition coefficient (Wildman–Crippen LogP) is 2.94. The van der Waals surface area contributed by atoms with Gasteiger partial charge in [0.2, 0.25) is 11.7 Å². The van der Waals surface area contributed by atoms with E-state index in [0.29, 0.717) is 5.82 Å². The monoisotopic (exact) mass is 279 g/mol. The van der Waals surface area contributed by atoms with Crippen LogP contribution in [0.3, 0.4) is 0 Å². The molecule has 3 heterocycles. The molecule has 3 rings (SSSR count). The molecule has 0 radical (unpaired) electrons. The maximum Gasteiger partial charge on any atom is 0.227 e. The normalized spacial score (nSPS) is 16.8. The van der Waals surface area contributed by atoms with E-state index in [0.717, 1.165) is 43.6 Å². The number of ether oxygens (including phenoxy) is 1. The van der Waals surface area contributed by atoms with Crippen molar-refractivity contribution in [1.29, 1.82) is 0 Å². The van der Waals surface area contributed by atoms with Crippen LogP contribution in [0.1, 0.15) is 31.6 Å². The highest BCUT2D eigenvalue weighted by molar-refractivity contribution is 7.07. The maximum absolute atomic E-state index is 5.36. The lowest BCUT2D eigenvalue weighted by atomic mass is 9.94. The molecule has 0 atom stereocenters. The Balaban J connectivity index is 1.48. The summed E-state index contributed by atoms with van der Waals surface area (Å²) >= 11 is 1.54. The van der Waals surface area contributed by atoms with Gasteiger partial charge in [-0.3, -0.25) is 0 Å². The van der Waals surface area contributed by atoms with Crippen molar-refractivity contribution in [2.75, 3.05) is 13.2 Å². The van der Waals surface area contributed by atoms with E-state index in [1.807, 2.05) is 5.38 Å². The van der Waals surface area contributed by atoms with E-state index in [4.69, 9.17) is 9.26 Å². The molecule has 5 nitrogen and oxygen atoms in total. The minimum Gasteiger partial charge on any atom is -0.381 e. The van der Waals surface area contributed by atoms with Crippen LogP contribution >= 0.6 is 11.3 Å². The van der Waals surface area contributed by atoms with E-state index >= 15 is 0 Å². The minimum absolute atomic E-state index is 0.599. The van der Waals surface area contributed by atoms with Crippen molar-refractivity contribution in [3.63, 3.8) is 0 Å². The largest absolute Gasteiger partial charge is 0.381 e. The van der Waals surface area contributed by atoms with Crippen molar-refractivity contribution in [2.24, 2.45) is 5.92 Å². The fourth-order valence-electron chi connectivity index (χ4n) is 2.36. The first-order valence-electron chi connectivity index (χ1n) is 6.71. The first-order chi connectivity index (χ1) is 9.42. The molecule has 0 saturated carbocycles. The molecule has 1 saturated heterocycles. The molecule has 1 aliphatic rings. The molecule has 2 aromatic heterocycles. The van der Waals surface area contributed by atoms with Gasteiger partial charge in [-0.2, -0.15) is 4.98 Å². The first-order valence-corrected chi connectivity index (χ1v) is 7.65. The van der Waals surface area contributed by atoms with Gasteiger partial charge in [0.25, 0.3) is 0 Å². The summed E-state index contributed by atoms with van der Waals surface area (Å²) in [5.74, 6) is 2.12. The Morgan fingerprint density at radius 2 is 2.21 bits per heavy atom. The smallest absolute Gasteiger partial charge is 0.227 e. The molecule has 0 spiro atoms. The Bertz CT molecular complexity index is 492. The van der Waals surface area contributed by atoms with Gasteiger partial charge in [-0.25, -0.2) is 4.98 Å². The highest BCUT2D eigenvalue weighted by atomic mass is 32.1. The number of aryl methyl sites for hydroxylation is 1. The van der Waals surface area contributed by atoms with Crippen molar-refractivity contribution >= 4 is 11.3 Å². The number of hydrogen-bond acceptors (Lipinski definition) is 6. The average molecular weight is 279 g/mol. The molecule has 6 heteroatoms. The summed E-state index contributed by atoms with van der Waals surface area (Å²) in [5.41, 5.74) is 2.57. The molecule has 0 bridgehead atoms. The number of rotatable bonds is 5. The van der Waals surface area contributed by atoms with Crippen LogP contribution in [0.15, 0.2) is 15.4 Å². The lowest BCUT2D eigenvalue weighted by Gasteiger charge is -2.21. The molecule has 0 unspecified atom stereocenters. The molecule has 102 valence electrons. The zero-order valence-electron chi connectivity index (χ0n) is 10.7. The topological polar surface area (TPSA) is 61.0 Å². The van der Waals surface area contributed by atoms with Gasteiger partial charge in [0.1, 0.15) is 5.69 Å². The molecular formula is C13H17N3O2S. The molecule has 0 N–H and O–H groups in total. The van der Waals surface area contributed by atoms with E-state index < -0.39 is 0 Å². The van der Waals surface area contributed by atoms with Crippen LogP contribution in [-0.2, 0) is 11.2 Å². The molecule has 0 aliphatic carbocycles. The summed E-state index contributed by atoms with van der Waals surface area (Å²) in [7, 11) is 0. The van der Waals surface area contributed by atoms with Crippen LogP contribution in [0.5, 0.6) is 0 Å². The van der Waals surface area contributed by atoms with Crippen molar-refractivity contribution in [2.45, 2.75) is 32.1 Å². The highest BCUT2D eigenvalue weighted by Gasteiger charge is 2.14. The Labute approximate surface area is 116 Å². The second-order valence-electron chi connectivity index (χ2n) is 4.83. The van der Waals surface area contributed by atoms with E-state index in [-0.39, 0.29) is 0 Å². The van der Waals surface area contributed by atoms with E-state index in [2.05, 4.69) is 15.1 Å². The van der Waals surface area contributed by atoms with Crippen LogP contribution < -0.4 is 0 Å². The standard InChI is InChI=1S/C13H17N3O2S/c1(2-10-4-6-17-7-5-10)3-12-15-13(16-18-12)11-8-19-9-14-11/h8-10H,1-7H2. The molecular weight excluding hydrogens is 262 g/mol. The molecule has 0 aromatic carbocycles. The molecule has 2 aromatic rings. The van der Waals surface area contributed by atoms with Crippen LogP contribution in [0.25, 0.3) is 11.5 Å². The summed E-state index contributed by atoms with van der Waals surface area (Å²) in [6.45, 7) is 1.83. The van der Waals surface area contributed by atoms with Gasteiger partial charge in [-0.1, -0.05) is 5.16 Å². The van der Waals surface area contributed by atoms with Gasteiger partial charge in [0.15, 0.2) is 0 Å². The van der Waals surface area contributed by atoms with Gasteiger partial charge in [0, 0.05) is 25.0 Å². The average Bonchev–Trinajstić information content (AvgIpc) is 3.10. The fourth-order valence-corrected chi connectivity index (χ4v) is 2.89. The zero-order valence-corrected chi connectivity index (χ0v) is 11.6. The SMILES string of the molecule is c1nc(-c2noc(CCCC3CCOCC3)n2)cs1. The Morgan fingerprint density at radius 1 is 1.32 bits per heavy atom. The Morgan fingerprint density at radius 3 is 3.00 bits per heavy atom. The van der Waals surface area contributed by atoms with Crippen LogP contribution in [0.4, 0.5) is 0 Å². The van der Waals surface area contributed by atoms with Crippen LogP contribution in [0.2, 0.25) is 0 Å². The first kappa shape index (κ1) is 12.7. The van der Waals surface area contributed by atoms with Gasteiger partial charge in [-0.05, 0) is 31.6 Å². The third kappa shape index (κ3) is 3.39. The van der Waals surface area contributed by atoms with Crippen molar-refractivity contribution in [3.05, 3.63) is 16.8 Å². The quantitative estimate of drug-likeness (QED) is 0.842. The maximum atomic E-state index is 5.36. The number of thiazole rings is 1. The van der Waals surface area contributed by atoms with Gasteiger partial charge < -0.3 is 9.26 Å². The highest BCUT2D eigenvalue weighted by Crippen LogP contribution is 2.21. The number of aromatic nitrogens is 3. The summed E-state index contributed by atoms with van der Waals surface area (Å²) in [5, 5.41) is 5.89. The Kier molecular flexibility index (Phi) is 4.20. The molecule has 0 amide bonds. The van der Waals surface area contributed by atoms with Crippen molar-refractivity contribution < 1.29 is 9.26 Å². The predicted molar refractivity (Wildman–Crippen MR) is 71.9 cm³/mol. The van der Waals surface area contributed by atoms with Gasteiger partial charge in [-0.15, -0.1) is 11.3 Å². The van der Waals surface area contributed by atoms with Gasteiger partial charge in [0.05, 0.1) is 5.51 Å². The lowest BCUT2D eigenvalue weighted by Crippen LogP contribution is -2.15. The number of hydrogen-bond donors (Lipinski definition) is 0. The third-order valence-electron chi connectivity index (χ3n) is 3.47. The summed E-state index contributed by atoms with van der Waals surface area (Å²) in [6, 6.07) is 0. The fraction of sp³-hybridized carbons (Fsp3) is 0.615. The summed E-state index contributed by atoms with van der Waals surface area (Å²) in [4.78, 5) is 8.55. The Hall–Kier alpha value is -1.27. The second-order valence-corrected chi connectivity index (χ2v) is 5.55. The van der Waals surface area contributed by atoms with Gasteiger partial charge >= 0.3 is 0 Å². The molecule has 1 fully saturated rings. The second kappa shape index (κ2) is 6.25.